The van der Waals surface area contributed by atoms with E-state index < -0.39 is 5.82 Å². The number of anilines is 1. The van der Waals surface area contributed by atoms with Crippen molar-refractivity contribution in [1.82, 2.24) is 9.88 Å². The third kappa shape index (κ3) is 5.82. The summed E-state index contributed by atoms with van der Waals surface area (Å²) in [5.74, 6) is -0.466. The van der Waals surface area contributed by atoms with Crippen LogP contribution in [0, 0.1) is 11.2 Å². The second-order valence-electron chi connectivity index (χ2n) is 8.23. The normalized spacial score (nSPS) is 16.0. The average molecular weight is 479 g/mol. The predicted molar refractivity (Wildman–Crippen MR) is 133 cm³/mol. The number of hydrogen-bond donors (Lipinski definition) is 3. The maximum atomic E-state index is 13.6. The molecule has 0 saturated carbocycles. The largest absolute Gasteiger partial charge is 0.382 e. The summed E-state index contributed by atoms with van der Waals surface area (Å²) in [6.45, 7) is 2.24. The number of H-pyrrole nitrogens is 1. The van der Waals surface area contributed by atoms with Gasteiger partial charge in [0, 0.05) is 60.3 Å². The zero-order valence-electron chi connectivity index (χ0n) is 19.3. The van der Waals surface area contributed by atoms with Gasteiger partial charge in [-0.15, -0.1) is 0 Å². The third-order valence-corrected chi connectivity index (χ3v) is 5.87. The van der Waals surface area contributed by atoms with Gasteiger partial charge in [0.1, 0.15) is 5.82 Å². The summed E-state index contributed by atoms with van der Waals surface area (Å²) in [7, 11) is 1.62. The van der Waals surface area contributed by atoms with Crippen molar-refractivity contribution in [2.75, 3.05) is 38.7 Å². The molecule has 0 bridgehead atoms. The Kier molecular flexibility index (Phi) is 7.69. The van der Waals surface area contributed by atoms with Crippen LogP contribution in [0.3, 0.4) is 0 Å². The van der Waals surface area contributed by atoms with E-state index in [4.69, 9.17) is 14.9 Å². The topological polar surface area (TPSA) is 108 Å². The van der Waals surface area contributed by atoms with E-state index in [1.54, 1.807) is 42.3 Å². The molecule has 35 heavy (non-hydrogen) atoms. The second-order valence-corrected chi connectivity index (χ2v) is 8.23. The standard InChI is InChI=1S/C26H27FN4O4/c1-34-10-11-35-22-8-9-31(16-22)26(33)17-2-5-21(6-3-17)29-15-19(14-28)23-13-18-12-20(27)4-7-24(18)30-25(23)32/h2-7,12-15,22,28-29H,8-11,16H2,1H3,(H,30,32)/b19-15+,28-14?/t22-/m0/s1. The molecule has 3 N–H and O–H groups in total. The van der Waals surface area contributed by atoms with Gasteiger partial charge in [0.05, 0.1) is 24.9 Å². The first-order valence-corrected chi connectivity index (χ1v) is 11.3. The molecule has 1 saturated heterocycles. The SMILES string of the molecule is COCCO[C@H]1CCN(C(=O)c2ccc(N/C=C(\C=N)c3cc4cc(F)ccc4[nH]c3=O)cc2)C1. The van der Waals surface area contributed by atoms with Crippen LogP contribution >= 0.6 is 0 Å². The minimum Gasteiger partial charge on any atom is -0.382 e. The molecule has 1 amide bonds. The molecule has 9 heteroatoms. The van der Waals surface area contributed by atoms with Crippen molar-refractivity contribution in [2.24, 2.45) is 0 Å². The average Bonchev–Trinajstić information content (AvgIpc) is 3.34. The van der Waals surface area contributed by atoms with Crippen molar-refractivity contribution in [3.63, 3.8) is 0 Å². The number of nitrogens with zero attached hydrogens (tertiary/aromatic N) is 1. The highest BCUT2D eigenvalue weighted by Gasteiger charge is 2.27. The zero-order valence-corrected chi connectivity index (χ0v) is 19.3. The number of aromatic amines is 1. The Morgan fingerprint density at radius 3 is 2.77 bits per heavy atom. The van der Waals surface area contributed by atoms with Gasteiger partial charge in [-0.05, 0) is 55.0 Å². The number of likely N-dealkylation sites (tertiary alicyclic amines) is 1. The summed E-state index contributed by atoms with van der Waals surface area (Å²) in [6.07, 6.45) is 3.41. The van der Waals surface area contributed by atoms with Crippen LogP contribution in [-0.4, -0.2) is 61.5 Å². The molecule has 1 fully saturated rings. The first kappa shape index (κ1) is 24.3. The van der Waals surface area contributed by atoms with Gasteiger partial charge in [-0.25, -0.2) is 4.39 Å². The number of fused-ring (bicyclic) bond motifs is 1. The molecule has 2 heterocycles. The molecule has 1 atom stereocenters. The highest BCUT2D eigenvalue weighted by atomic mass is 19.1. The lowest BCUT2D eigenvalue weighted by atomic mass is 10.1. The Labute approximate surface area is 201 Å². The van der Waals surface area contributed by atoms with E-state index in [-0.39, 0.29) is 23.1 Å². The number of amides is 1. The van der Waals surface area contributed by atoms with Crippen LogP contribution in [0.15, 0.2) is 59.5 Å². The number of benzene rings is 2. The monoisotopic (exact) mass is 478 g/mol. The van der Waals surface area contributed by atoms with Crippen molar-refractivity contribution in [3.05, 3.63) is 82.0 Å². The number of carbonyl (C=O) groups is 1. The zero-order chi connectivity index (χ0) is 24.8. The minimum atomic E-state index is -0.410. The maximum Gasteiger partial charge on any atom is 0.256 e. The number of aromatic nitrogens is 1. The van der Waals surface area contributed by atoms with Crippen molar-refractivity contribution in [2.45, 2.75) is 12.5 Å². The van der Waals surface area contributed by atoms with Crippen LogP contribution in [0.25, 0.3) is 16.5 Å². The van der Waals surface area contributed by atoms with E-state index in [1.165, 1.54) is 24.4 Å². The maximum absolute atomic E-state index is 13.6. The quantitative estimate of drug-likeness (QED) is 0.322. The summed E-state index contributed by atoms with van der Waals surface area (Å²) in [4.78, 5) is 29.8. The molecule has 1 aliphatic rings. The summed E-state index contributed by atoms with van der Waals surface area (Å²) in [5.41, 5.74) is 1.96. The molecule has 8 nitrogen and oxygen atoms in total. The predicted octanol–water partition coefficient (Wildman–Crippen LogP) is 3.65. The summed E-state index contributed by atoms with van der Waals surface area (Å²) in [5, 5.41) is 11.3. The summed E-state index contributed by atoms with van der Waals surface area (Å²) < 4.78 is 24.3. The van der Waals surface area contributed by atoms with Gasteiger partial charge in [-0.2, -0.15) is 0 Å². The van der Waals surface area contributed by atoms with Crippen molar-refractivity contribution >= 4 is 34.3 Å². The van der Waals surface area contributed by atoms with Crippen LogP contribution in [0.1, 0.15) is 22.3 Å². The number of rotatable bonds is 9. The van der Waals surface area contributed by atoms with Crippen LogP contribution in [0.5, 0.6) is 0 Å². The van der Waals surface area contributed by atoms with Gasteiger partial charge in [0.2, 0.25) is 0 Å². The third-order valence-electron chi connectivity index (χ3n) is 5.87. The van der Waals surface area contributed by atoms with E-state index in [0.29, 0.717) is 54.0 Å². The molecular formula is C26H27FN4O4. The smallest absolute Gasteiger partial charge is 0.256 e. The fourth-order valence-electron chi connectivity index (χ4n) is 3.99. The Bertz CT molecular complexity index is 1300. The van der Waals surface area contributed by atoms with Crippen molar-refractivity contribution in [3.8, 4) is 0 Å². The fraction of sp³-hybridized carbons (Fsp3) is 0.269. The molecule has 0 unspecified atom stereocenters. The Morgan fingerprint density at radius 1 is 1.23 bits per heavy atom. The van der Waals surface area contributed by atoms with E-state index in [1.807, 2.05) is 0 Å². The number of hydrogen-bond acceptors (Lipinski definition) is 6. The van der Waals surface area contributed by atoms with Gasteiger partial charge >= 0.3 is 0 Å². The highest BCUT2D eigenvalue weighted by molar-refractivity contribution is 6.09. The molecule has 0 aliphatic carbocycles. The van der Waals surface area contributed by atoms with Crippen LogP contribution in [-0.2, 0) is 9.47 Å². The Balaban J connectivity index is 1.43. The van der Waals surface area contributed by atoms with E-state index in [9.17, 15) is 14.0 Å². The number of pyridine rings is 1. The van der Waals surface area contributed by atoms with E-state index >= 15 is 0 Å². The molecule has 0 spiro atoms. The van der Waals surface area contributed by atoms with E-state index in [2.05, 4.69) is 10.3 Å². The number of halogens is 1. The van der Waals surface area contributed by atoms with Gasteiger partial charge < -0.3 is 30.1 Å². The molecule has 182 valence electrons. The molecule has 1 aliphatic heterocycles. The number of methoxy groups -OCH3 is 1. The number of ether oxygens (including phenoxy) is 2. The van der Waals surface area contributed by atoms with Gasteiger partial charge in [-0.1, -0.05) is 0 Å². The summed E-state index contributed by atoms with van der Waals surface area (Å²) in [6, 6.07) is 12.6. The number of allylic oxidation sites excluding steroid dienone is 1. The minimum absolute atomic E-state index is 0.0227. The van der Waals surface area contributed by atoms with E-state index in [0.717, 1.165) is 12.6 Å². The van der Waals surface area contributed by atoms with Crippen molar-refractivity contribution < 1.29 is 18.7 Å². The lowest BCUT2D eigenvalue weighted by Crippen LogP contribution is -2.30. The summed E-state index contributed by atoms with van der Waals surface area (Å²) >= 11 is 0. The van der Waals surface area contributed by atoms with Gasteiger partial charge in [0.15, 0.2) is 0 Å². The molecule has 1 aromatic heterocycles. The Hall–Kier alpha value is -3.82. The Morgan fingerprint density at radius 2 is 2.03 bits per heavy atom. The lowest BCUT2D eigenvalue weighted by molar-refractivity contribution is 0.0218. The first-order chi connectivity index (χ1) is 17.0. The molecule has 2 aromatic carbocycles. The molecule has 4 rings (SSSR count). The number of nitrogens with one attached hydrogen (secondary N) is 3. The van der Waals surface area contributed by atoms with Gasteiger partial charge in [0.25, 0.3) is 11.5 Å². The van der Waals surface area contributed by atoms with Crippen LogP contribution < -0.4 is 10.9 Å². The molecule has 3 aromatic rings. The van der Waals surface area contributed by atoms with Crippen LogP contribution in [0.4, 0.5) is 10.1 Å². The van der Waals surface area contributed by atoms with Crippen molar-refractivity contribution in [1.29, 1.82) is 5.41 Å². The van der Waals surface area contributed by atoms with Gasteiger partial charge in [-0.3, -0.25) is 9.59 Å². The first-order valence-electron chi connectivity index (χ1n) is 11.3. The highest BCUT2D eigenvalue weighted by Crippen LogP contribution is 2.19. The lowest BCUT2D eigenvalue weighted by Gasteiger charge is -2.17. The number of carbonyl (C=O) groups excluding carboxylic acids is 1. The van der Waals surface area contributed by atoms with Crippen LogP contribution in [0.2, 0.25) is 0 Å². The molecule has 0 radical (unpaired) electrons. The fourth-order valence-corrected chi connectivity index (χ4v) is 3.99. The second kappa shape index (κ2) is 11.1. The molecular weight excluding hydrogens is 451 g/mol.